The highest BCUT2D eigenvalue weighted by atomic mass is 16.6. The molecule has 0 spiro atoms. The SMILES string of the molecule is CC(N=C=O)C1COCCN1C(=O)OC(C)(C)C. The van der Waals surface area contributed by atoms with Crippen molar-refractivity contribution < 1.29 is 19.1 Å². The van der Waals surface area contributed by atoms with E-state index in [0.29, 0.717) is 19.8 Å². The van der Waals surface area contributed by atoms with Gasteiger partial charge in [-0.3, -0.25) is 4.90 Å². The number of carbonyl (C=O) groups is 1. The predicted molar refractivity (Wildman–Crippen MR) is 65.1 cm³/mol. The molecule has 18 heavy (non-hydrogen) atoms. The number of aliphatic imine (C=N–C) groups is 1. The molecule has 0 saturated carbocycles. The molecule has 0 aromatic carbocycles. The van der Waals surface area contributed by atoms with Crippen LogP contribution in [0.5, 0.6) is 0 Å². The lowest BCUT2D eigenvalue weighted by Crippen LogP contribution is -2.54. The van der Waals surface area contributed by atoms with E-state index in [9.17, 15) is 9.59 Å². The summed E-state index contributed by atoms with van der Waals surface area (Å²) in [6.45, 7) is 8.45. The second kappa shape index (κ2) is 5.98. The van der Waals surface area contributed by atoms with Gasteiger partial charge in [0.1, 0.15) is 5.60 Å². The number of nitrogens with zero attached hydrogens (tertiary/aromatic N) is 2. The van der Waals surface area contributed by atoms with E-state index in [1.165, 1.54) is 6.08 Å². The number of ether oxygens (including phenoxy) is 2. The fourth-order valence-electron chi connectivity index (χ4n) is 1.74. The third-order valence-electron chi connectivity index (χ3n) is 2.61. The van der Waals surface area contributed by atoms with Gasteiger partial charge in [0.2, 0.25) is 6.08 Å². The fraction of sp³-hybridized carbons (Fsp3) is 0.833. The fourth-order valence-corrected chi connectivity index (χ4v) is 1.74. The normalized spacial score (nSPS) is 22.0. The molecule has 1 aliphatic rings. The average molecular weight is 256 g/mol. The quantitative estimate of drug-likeness (QED) is 0.552. The molecule has 102 valence electrons. The molecule has 2 atom stereocenters. The maximum Gasteiger partial charge on any atom is 0.410 e. The van der Waals surface area contributed by atoms with E-state index >= 15 is 0 Å². The summed E-state index contributed by atoms with van der Waals surface area (Å²) in [5, 5.41) is 0. The number of morpholine rings is 1. The molecule has 1 saturated heterocycles. The molecule has 0 aliphatic carbocycles. The van der Waals surface area contributed by atoms with E-state index < -0.39 is 11.7 Å². The van der Waals surface area contributed by atoms with Crippen molar-refractivity contribution in [2.45, 2.75) is 45.4 Å². The lowest BCUT2D eigenvalue weighted by molar-refractivity contribution is -0.0364. The van der Waals surface area contributed by atoms with E-state index in [4.69, 9.17) is 9.47 Å². The minimum Gasteiger partial charge on any atom is -0.444 e. The molecule has 0 bridgehead atoms. The van der Waals surface area contributed by atoms with Crippen molar-refractivity contribution in [3.63, 3.8) is 0 Å². The number of isocyanates is 1. The molecule has 1 amide bonds. The van der Waals surface area contributed by atoms with Gasteiger partial charge in [-0.25, -0.2) is 14.6 Å². The van der Waals surface area contributed by atoms with Crippen molar-refractivity contribution in [2.75, 3.05) is 19.8 Å². The zero-order chi connectivity index (χ0) is 13.8. The molecule has 1 rings (SSSR count). The molecule has 6 nitrogen and oxygen atoms in total. The Labute approximate surface area is 107 Å². The maximum atomic E-state index is 12.0. The zero-order valence-corrected chi connectivity index (χ0v) is 11.3. The summed E-state index contributed by atoms with van der Waals surface area (Å²) in [5.41, 5.74) is -0.545. The number of amides is 1. The van der Waals surface area contributed by atoms with Crippen molar-refractivity contribution in [3.05, 3.63) is 0 Å². The highest BCUT2D eigenvalue weighted by Gasteiger charge is 2.34. The topological polar surface area (TPSA) is 68.2 Å². The van der Waals surface area contributed by atoms with Gasteiger partial charge >= 0.3 is 6.09 Å². The van der Waals surface area contributed by atoms with Crippen LogP contribution in [0.25, 0.3) is 0 Å². The van der Waals surface area contributed by atoms with Crippen LogP contribution in [0.2, 0.25) is 0 Å². The summed E-state index contributed by atoms with van der Waals surface area (Å²) in [6.07, 6.45) is 1.11. The van der Waals surface area contributed by atoms with E-state index in [1.54, 1.807) is 11.8 Å². The monoisotopic (exact) mass is 256 g/mol. The Morgan fingerprint density at radius 2 is 2.22 bits per heavy atom. The van der Waals surface area contributed by atoms with Gasteiger partial charge in [0.15, 0.2) is 0 Å². The van der Waals surface area contributed by atoms with Crippen LogP contribution in [0, 0.1) is 0 Å². The van der Waals surface area contributed by atoms with Crippen molar-refractivity contribution >= 4 is 12.2 Å². The first-order chi connectivity index (χ1) is 8.35. The van der Waals surface area contributed by atoms with Gasteiger partial charge in [-0.1, -0.05) is 0 Å². The largest absolute Gasteiger partial charge is 0.444 e. The summed E-state index contributed by atoms with van der Waals surface area (Å²) in [5.74, 6) is 0. The molecular weight excluding hydrogens is 236 g/mol. The molecule has 2 unspecified atom stereocenters. The molecule has 1 heterocycles. The minimum atomic E-state index is -0.545. The van der Waals surface area contributed by atoms with Crippen molar-refractivity contribution in [2.24, 2.45) is 4.99 Å². The van der Waals surface area contributed by atoms with Gasteiger partial charge in [0.05, 0.1) is 25.3 Å². The summed E-state index contributed by atoms with van der Waals surface area (Å²) in [4.78, 5) is 27.5. The standard InChI is InChI=1S/C12H20N2O4/c1-9(13-8-15)10-7-17-6-5-14(10)11(16)18-12(2,3)4/h9-10H,5-7H2,1-4H3. The van der Waals surface area contributed by atoms with Crippen LogP contribution in [0.1, 0.15) is 27.7 Å². The Balaban J connectivity index is 2.76. The lowest BCUT2D eigenvalue weighted by atomic mass is 10.1. The molecule has 6 heteroatoms. The Bertz CT molecular complexity index is 344. The van der Waals surface area contributed by atoms with Crippen LogP contribution in [0.3, 0.4) is 0 Å². The Morgan fingerprint density at radius 1 is 1.56 bits per heavy atom. The third-order valence-corrected chi connectivity index (χ3v) is 2.61. The number of hydrogen-bond donors (Lipinski definition) is 0. The van der Waals surface area contributed by atoms with Crippen LogP contribution in [0.15, 0.2) is 4.99 Å². The van der Waals surface area contributed by atoms with Crippen LogP contribution < -0.4 is 0 Å². The molecular formula is C12H20N2O4. The van der Waals surface area contributed by atoms with Crippen LogP contribution >= 0.6 is 0 Å². The van der Waals surface area contributed by atoms with Gasteiger partial charge in [0, 0.05) is 6.54 Å². The first-order valence-corrected chi connectivity index (χ1v) is 5.99. The summed E-state index contributed by atoms with van der Waals surface area (Å²) >= 11 is 0. The first kappa shape index (κ1) is 14.7. The van der Waals surface area contributed by atoms with E-state index in [2.05, 4.69) is 4.99 Å². The molecule has 0 aromatic rings. The average Bonchev–Trinajstić information content (AvgIpc) is 2.27. The third kappa shape index (κ3) is 4.13. The van der Waals surface area contributed by atoms with Gasteiger partial charge in [-0.2, -0.15) is 0 Å². The first-order valence-electron chi connectivity index (χ1n) is 5.99. The predicted octanol–water partition coefficient (Wildman–Crippen LogP) is 1.35. The van der Waals surface area contributed by atoms with E-state index in [1.807, 2.05) is 20.8 Å². The summed E-state index contributed by atoms with van der Waals surface area (Å²) in [7, 11) is 0. The van der Waals surface area contributed by atoms with Crippen molar-refractivity contribution in [1.29, 1.82) is 0 Å². The number of hydrogen-bond acceptors (Lipinski definition) is 5. The van der Waals surface area contributed by atoms with Crippen molar-refractivity contribution in [1.82, 2.24) is 4.90 Å². The Morgan fingerprint density at radius 3 is 2.78 bits per heavy atom. The van der Waals surface area contributed by atoms with Crippen molar-refractivity contribution in [3.8, 4) is 0 Å². The van der Waals surface area contributed by atoms with Gasteiger partial charge in [-0.05, 0) is 27.7 Å². The molecule has 0 aromatic heterocycles. The zero-order valence-electron chi connectivity index (χ0n) is 11.3. The number of carbonyl (C=O) groups excluding carboxylic acids is 2. The lowest BCUT2D eigenvalue weighted by Gasteiger charge is -2.37. The smallest absolute Gasteiger partial charge is 0.410 e. The van der Waals surface area contributed by atoms with Crippen LogP contribution in [-0.4, -0.2) is 54.5 Å². The summed E-state index contributed by atoms with van der Waals surface area (Å²) < 4.78 is 10.6. The second-order valence-corrected chi connectivity index (χ2v) is 5.28. The van der Waals surface area contributed by atoms with Gasteiger partial charge < -0.3 is 9.47 Å². The maximum absolute atomic E-state index is 12.0. The van der Waals surface area contributed by atoms with Crippen LogP contribution in [-0.2, 0) is 14.3 Å². The number of rotatable bonds is 2. The minimum absolute atomic E-state index is 0.282. The highest BCUT2D eigenvalue weighted by Crippen LogP contribution is 2.17. The molecule has 0 radical (unpaired) electrons. The van der Waals surface area contributed by atoms with Gasteiger partial charge in [0.25, 0.3) is 0 Å². The van der Waals surface area contributed by atoms with Crippen LogP contribution in [0.4, 0.5) is 4.79 Å². The van der Waals surface area contributed by atoms with E-state index in [0.717, 1.165) is 0 Å². The van der Waals surface area contributed by atoms with E-state index in [-0.39, 0.29) is 12.1 Å². The second-order valence-electron chi connectivity index (χ2n) is 5.28. The molecule has 1 aliphatic heterocycles. The summed E-state index contributed by atoms with van der Waals surface area (Å²) in [6, 6.07) is -0.634. The molecule has 0 N–H and O–H groups in total. The highest BCUT2D eigenvalue weighted by molar-refractivity contribution is 5.68. The Kier molecular flexibility index (Phi) is 4.87. The molecule has 1 fully saturated rings. The van der Waals surface area contributed by atoms with Gasteiger partial charge in [-0.15, -0.1) is 0 Å². The Hall–Kier alpha value is -1.39.